The second kappa shape index (κ2) is 15.0. The minimum absolute atomic E-state index is 1.01. The number of hydrogen-bond acceptors (Lipinski definition) is 1. The molecule has 0 aromatic rings. The smallest absolute Gasteiger partial charge is 0.00519 e. The van der Waals surface area contributed by atoms with E-state index >= 15 is 0 Å². The maximum atomic E-state index is 3.20. The second-order valence-corrected chi connectivity index (χ2v) is 4.38. The average molecular weight is 229 g/mol. The van der Waals surface area contributed by atoms with Crippen molar-refractivity contribution in [2.45, 2.75) is 73.1 Å². The van der Waals surface area contributed by atoms with E-state index in [9.17, 15) is 0 Å². The van der Waals surface area contributed by atoms with Gasteiger partial charge in [0.1, 0.15) is 0 Å². The molecule has 100 valence electrons. The fourth-order valence-electron chi connectivity index (χ4n) is 2.32. The monoisotopic (exact) mass is 229 g/mol. The Labute approximate surface area is 104 Å². The summed E-state index contributed by atoms with van der Waals surface area (Å²) in [6.45, 7) is 11.6. The minimum atomic E-state index is 1.01. The van der Waals surface area contributed by atoms with E-state index in [1.54, 1.807) is 0 Å². The van der Waals surface area contributed by atoms with Crippen LogP contribution in [-0.2, 0) is 0 Å². The number of unbranched alkanes of at least 4 members (excludes halogenated alkanes) is 1. The summed E-state index contributed by atoms with van der Waals surface area (Å²) in [4.78, 5) is 0. The second-order valence-electron chi connectivity index (χ2n) is 4.38. The van der Waals surface area contributed by atoms with Gasteiger partial charge in [-0.15, -0.1) is 0 Å². The lowest BCUT2D eigenvalue weighted by atomic mass is 9.99. The Morgan fingerprint density at radius 1 is 1.00 bits per heavy atom. The molecule has 0 amide bonds. The van der Waals surface area contributed by atoms with Crippen molar-refractivity contribution in [3.8, 4) is 0 Å². The highest BCUT2D eigenvalue weighted by molar-refractivity contribution is 4.72. The van der Waals surface area contributed by atoms with Crippen molar-refractivity contribution in [3.05, 3.63) is 0 Å². The summed E-state index contributed by atoms with van der Waals surface area (Å²) in [6.07, 6.45) is 8.75. The van der Waals surface area contributed by atoms with Crippen LogP contribution in [0.15, 0.2) is 0 Å². The van der Waals surface area contributed by atoms with Crippen molar-refractivity contribution in [1.29, 1.82) is 0 Å². The van der Waals surface area contributed by atoms with E-state index in [1.807, 2.05) is 34.7 Å². The molecule has 16 heavy (non-hydrogen) atoms. The first-order valence-corrected chi connectivity index (χ1v) is 7.47. The van der Waals surface area contributed by atoms with Crippen molar-refractivity contribution >= 4 is 0 Å². The van der Waals surface area contributed by atoms with Crippen LogP contribution < -0.4 is 5.32 Å². The molecule has 2 unspecified atom stereocenters. The van der Waals surface area contributed by atoms with Gasteiger partial charge in [-0.1, -0.05) is 60.3 Å². The lowest BCUT2D eigenvalue weighted by molar-refractivity contribution is 0.453. The molecule has 0 saturated heterocycles. The Morgan fingerprint density at radius 2 is 1.62 bits per heavy atom. The van der Waals surface area contributed by atoms with Crippen molar-refractivity contribution in [3.63, 3.8) is 0 Å². The third-order valence-electron chi connectivity index (χ3n) is 3.09. The minimum Gasteiger partial charge on any atom is -0.320 e. The lowest BCUT2D eigenvalue weighted by Gasteiger charge is -2.08. The Balaban J connectivity index is 0. The standard InChI is InChI=1S/C11H23N.2C2H6/c1-10-6-7-11(9-10)5-3-4-8-12-2;2*1-2/h10-12H,3-9H2,1-2H3;2*1-2H3. The third kappa shape index (κ3) is 10.5. The van der Waals surface area contributed by atoms with Gasteiger partial charge in [0.2, 0.25) is 0 Å². The molecule has 0 bridgehead atoms. The third-order valence-corrected chi connectivity index (χ3v) is 3.09. The van der Waals surface area contributed by atoms with Crippen LogP contribution in [0.1, 0.15) is 73.1 Å². The van der Waals surface area contributed by atoms with E-state index < -0.39 is 0 Å². The van der Waals surface area contributed by atoms with E-state index in [4.69, 9.17) is 0 Å². The predicted molar refractivity (Wildman–Crippen MR) is 77.0 cm³/mol. The maximum Gasteiger partial charge on any atom is -0.00519 e. The molecule has 1 aliphatic rings. The number of nitrogens with one attached hydrogen (secondary N) is 1. The molecule has 0 heterocycles. The van der Waals surface area contributed by atoms with Gasteiger partial charge in [0.05, 0.1) is 0 Å². The summed E-state index contributed by atoms with van der Waals surface area (Å²) in [7, 11) is 2.04. The van der Waals surface area contributed by atoms with Crippen LogP contribution in [0, 0.1) is 11.8 Å². The summed E-state index contributed by atoms with van der Waals surface area (Å²) in [5.41, 5.74) is 0. The van der Waals surface area contributed by atoms with Crippen molar-refractivity contribution in [2.24, 2.45) is 11.8 Å². The Morgan fingerprint density at radius 3 is 2.06 bits per heavy atom. The van der Waals surface area contributed by atoms with Gasteiger partial charge in [0.15, 0.2) is 0 Å². The Bertz CT molecular complexity index is 112. The Hall–Kier alpha value is -0.0400. The molecule has 1 nitrogen and oxygen atoms in total. The van der Waals surface area contributed by atoms with Gasteiger partial charge in [-0.25, -0.2) is 0 Å². The summed E-state index contributed by atoms with van der Waals surface area (Å²) in [5, 5.41) is 3.20. The van der Waals surface area contributed by atoms with Crippen molar-refractivity contribution in [2.75, 3.05) is 13.6 Å². The van der Waals surface area contributed by atoms with Gasteiger partial charge < -0.3 is 5.32 Å². The molecule has 0 spiro atoms. The fraction of sp³-hybridized carbons (Fsp3) is 1.00. The molecule has 0 aliphatic heterocycles. The van der Waals surface area contributed by atoms with Crippen LogP contribution in [0.4, 0.5) is 0 Å². The molecule has 2 atom stereocenters. The van der Waals surface area contributed by atoms with Gasteiger partial charge in [0, 0.05) is 0 Å². The zero-order chi connectivity index (χ0) is 12.8. The molecular formula is C15H35N. The van der Waals surface area contributed by atoms with Crippen LogP contribution in [0.5, 0.6) is 0 Å². The normalized spacial score (nSPS) is 22.9. The van der Waals surface area contributed by atoms with E-state index in [2.05, 4.69) is 12.2 Å². The van der Waals surface area contributed by atoms with Gasteiger partial charge in [-0.2, -0.15) is 0 Å². The van der Waals surface area contributed by atoms with E-state index in [1.165, 1.54) is 45.1 Å². The highest BCUT2D eigenvalue weighted by atomic mass is 14.8. The first-order valence-electron chi connectivity index (χ1n) is 7.47. The topological polar surface area (TPSA) is 12.0 Å². The van der Waals surface area contributed by atoms with Crippen LogP contribution in [0.25, 0.3) is 0 Å². The molecule has 1 N–H and O–H groups in total. The quantitative estimate of drug-likeness (QED) is 0.664. The van der Waals surface area contributed by atoms with Gasteiger partial charge >= 0.3 is 0 Å². The van der Waals surface area contributed by atoms with Crippen LogP contribution in [0.3, 0.4) is 0 Å². The molecule has 1 rings (SSSR count). The number of rotatable bonds is 5. The SMILES string of the molecule is CC.CC.CNCCCCC1CCC(C)C1. The van der Waals surface area contributed by atoms with E-state index in [0.29, 0.717) is 0 Å². The highest BCUT2D eigenvalue weighted by Gasteiger charge is 2.20. The van der Waals surface area contributed by atoms with Crippen LogP contribution in [-0.4, -0.2) is 13.6 Å². The zero-order valence-electron chi connectivity index (χ0n) is 12.6. The van der Waals surface area contributed by atoms with Crippen LogP contribution in [0.2, 0.25) is 0 Å². The van der Waals surface area contributed by atoms with Gasteiger partial charge in [-0.05, 0) is 38.3 Å². The zero-order valence-corrected chi connectivity index (χ0v) is 12.6. The van der Waals surface area contributed by atoms with Gasteiger partial charge in [0.25, 0.3) is 0 Å². The maximum absolute atomic E-state index is 3.20. The van der Waals surface area contributed by atoms with Gasteiger partial charge in [-0.3, -0.25) is 0 Å². The lowest BCUT2D eigenvalue weighted by Crippen LogP contribution is -2.07. The summed E-state index contributed by atoms with van der Waals surface area (Å²) >= 11 is 0. The van der Waals surface area contributed by atoms with Crippen molar-refractivity contribution in [1.82, 2.24) is 5.32 Å². The molecule has 1 fully saturated rings. The summed E-state index contributed by atoms with van der Waals surface area (Å²) in [5.74, 6) is 2.08. The molecule has 0 aromatic carbocycles. The molecule has 0 aromatic heterocycles. The molecule has 1 heteroatoms. The largest absolute Gasteiger partial charge is 0.320 e. The van der Waals surface area contributed by atoms with Crippen LogP contribution >= 0.6 is 0 Å². The summed E-state index contributed by atoms with van der Waals surface area (Å²) in [6, 6.07) is 0. The molecule has 0 radical (unpaired) electrons. The Kier molecular flexibility index (Phi) is 17.1. The average Bonchev–Trinajstić information content (AvgIpc) is 2.76. The van der Waals surface area contributed by atoms with Crippen molar-refractivity contribution < 1.29 is 0 Å². The fourth-order valence-corrected chi connectivity index (χ4v) is 2.32. The first kappa shape index (κ1) is 18.3. The first-order chi connectivity index (χ1) is 7.83. The molecule has 1 aliphatic carbocycles. The highest BCUT2D eigenvalue weighted by Crippen LogP contribution is 2.33. The summed E-state index contributed by atoms with van der Waals surface area (Å²) < 4.78 is 0. The predicted octanol–water partition coefficient (Wildman–Crippen LogP) is 4.86. The molecular weight excluding hydrogens is 194 g/mol. The van der Waals surface area contributed by atoms with E-state index in [0.717, 1.165) is 11.8 Å². The van der Waals surface area contributed by atoms with E-state index in [-0.39, 0.29) is 0 Å². The molecule has 1 saturated carbocycles. The number of hydrogen-bond donors (Lipinski definition) is 1.